The first-order chi connectivity index (χ1) is 7.32. The van der Waals surface area contributed by atoms with Crippen molar-refractivity contribution in [3.8, 4) is 0 Å². The van der Waals surface area contributed by atoms with Crippen LogP contribution in [0.5, 0.6) is 0 Å². The molecule has 0 saturated heterocycles. The highest BCUT2D eigenvalue weighted by atomic mass is 28.1. The number of hydrogen-bond donors (Lipinski definition) is 1. The summed E-state index contributed by atoms with van der Waals surface area (Å²) in [6.45, 7) is 3.07. The Morgan fingerprint density at radius 3 is 2.00 bits per heavy atom. The lowest BCUT2D eigenvalue weighted by molar-refractivity contribution is -0.277. The van der Waals surface area contributed by atoms with Crippen LogP contribution < -0.4 is 0 Å². The highest BCUT2D eigenvalue weighted by molar-refractivity contribution is 6.05. The lowest BCUT2D eigenvalue weighted by atomic mass is 9.77. The van der Waals surface area contributed by atoms with Crippen molar-refractivity contribution in [1.82, 2.24) is 0 Å². The predicted octanol–water partition coefficient (Wildman–Crippen LogP) is 2.14. The second-order valence-electron chi connectivity index (χ2n) is 4.93. The average Bonchev–Trinajstić information content (AvgIpc) is 2.80. The summed E-state index contributed by atoms with van der Waals surface area (Å²) >= 11 is 0. The van der Waals surface area contributed by atoms with E-state index in [1.165, 1.54) is 10.2 Å². The first-order valence-corrected chi connectivity index (χ1v) is 8.11. The number of rotatable bonds is 1. The fourth-order valence-corrected chi connectivity index (χ4v) is 3.14. The van der Waals surface area contributed by atoms with Crippen molar-refractivity contribution in [3.63, 3.8) is 0 Å². The maximum atomic E-state index is 12.6. The summed E-state index contributed by atoms with van der Waals surface area (Å²) in [6.07, 6.45) is -1.13. The second kappa shape index (κ2) is 4.68. The third-order valence-electron chi connectivity index (χ3n) is 4.03. The topological polar surface area (TPSA) is 20.2 Å². The third-order valence-corrected chi connectivity index (χ3v) is 4.03. The molecule has 2 aliphatic carbocycles. The molecule has 0 radical (unpaired) electrons. The molecule has 5 heteroatoms. The number of fused-ring (bicyclic) bond motifs is 2. The van der Waals surface area contributed by atoms with Crippen molar-refractivity contribution in [2.24, 2.45) is 17.8 Å². The van der Waals surface area contributed by atoms with E-state index in [1.807, 2.05) is 0 Å². The Morgan fingerprint density at radius 1 is 1.12 bits per heavy atom. The maximum Gasteiger partial charge on any atom is 0.417 e. The summed E-state index contributed by atoms with van der Waals surface area (Å²) in [5.74, 6) is -0.0447. The van der Waals surface area contributed by atoms with Crippen LogP contribution in [0.25, 0.3) is 0 Å². The van der Waals surface area contributed by atoms with Crippen LogP contribution in [0.4, 0.5) is 13.2 Å². The van der Waals surface area contributed by atoms with Crippen molar-refractivity contribution in [3.05, 3.63) is 0 Å². The lowest BCUT2D eigenvalue weighted by Gasteiger charge is -2.37. The normalized spacial score (nSPS) is 36.8. The molecule has 1 N–H and O–H groups in total. The standard InChI is InChI=1S/C10H15F3O.CH6Si/c1-9(14,10(11,12)13)8-5-6-2-3-7(8)4-6;1-2/h6-8,14H,2-5H2,1H3;1-2H3. The summed E-state index contributed by atoms with van der Waals surface area (Å²) < 4.78 is 37.7. The van der Waals surface area contributed by atoms with E-state index >= 15 is 0 Å². The quantitative estimate of drug-likeness (QED) is 0.711. The van der Waals surface area contributed by atoms with Gasteiger partial charge in [-0.3, -0.25) is 0 Å². The van der Waals surface area contributed by atoms with Gasteiger partial charge in [-0.2, -0.15) is 13.2 Å². The van der Waals surface area contributed by atoms with Crippen molar-refractivity contribution in [2.45, 2.75) is 50.9 Å². The molecule has 0 aromatic rings. The van der Waals surface area contributed by atoms with Gasteiger partial charge >= 0.3 is 6.18 Å². The van der Waals surface area contributed by atoms with Crippen molar-refractivity contribution in [2.75, 3.05) is 0 Å². The highest BCUT2D eigenvalue weighted by Gasteiger charge is 2.59. The molecule has 0 aromatic heterocycles. The zero-order valence-electron chi connectivity index (χ0n) is 10.1. The van der Waals surface area contributed by atoms with E-state index < -0.39 is 17.7 Å². The van der Waals surface area contributed by atoms with E-state index in [0.29, 0.717) is 12.3 Å². The Labute approximate surface area is 97.8 Å². The minimum absolute atomic E-state index is 0.0941. The van der Waals surface area contributed by atoms with Gasteiger partial charge in [-0.05, 0) is 54.2 Å². The van der Waals surface area contributed by atoms with Crippen LogP contribution in [-0.2, 0) is 0 Å². The van der Waals surface area contributed by atoms with Crippen LogP contribution in [0.1, 0.15) is 32.6 Å². The van der Waals surface area contributed by atoms with Crippen LogP contribution in [0, 0.1) is 17.8 Å². The van der Waals surface area contributed by atoms with E-state index in [4.69, 9.17) is 0 Å². The molecule has 1 nitrogen and oxygen atoms in total. The maximum absolute atomic E-state index is 12.6. The molecule has 0 amide bonds. The first-order valence-electron chi connectivity index (χ1n) is 6.11. The van der Waals surface area contributed by atoms with Crippen molar-refractivity contribution >= 4 is 10.2 Å². The van der Waals surface area contributed by atoms with E-state index in [9.17, 15) is 18.3 Å². The van der Waals surface area contributed by atoms with Gasteiger partial charge in [-0.25, -0.2) is 0 Å². The minimum Gasteiger partial charge on any atom is -0.380 e. The Morgan fingerprint density at radius 2 is 1.69 bits per heavy atom. The Kier molecular flexibility index (Phi) is 4.11. The zero-order chi connectivity index (χ0) is 12.6. The SMILES string of the molecule is CC(O)(C1CC2CCC1C2)C(F)(F)F.C[SiH3]. The summed E-state index contributed by atoms with van der Waals surface area (Å²) in [5.41, 5.74) is -2.48. The third kappa shape index (κ3) is 2.30. The van der Waals surface area contributed by atoms with Gasteiger partial charge in [-0.1, -0.05) is 13.0 Å². The van der Waals surface area contributed by atoms with Gasteiger partial charge in [0, 0.05) is 0 Å². The molecule has 0 aliphatic heterocycles. The average molecular weight is 254 g/mol. The number of aliphatic hydroxyl groups is 1. The second-order valence-corrected chi connectivity index (χ2v) is 4.93. The molecule has 0 aromatic carbocycles. The van der Waals surface area contributed by atoms with E-state index in [0.717, 1.165) is 26.2 Å². The molecule has 0 heterocycles. The van der Waals surface area contributed by atoms with Gasteiger partial charge in [0.2, 0.25) is 0 Å². The smallest absolute Gasteiger partial charge is 0.380 e. The zero-order valence-corrected chi connectivity index (χ0v) is 12.1. The summed E-state index contributed by atoms with van der Waals surface area (Å²) in [4.78, 5) is 0. The van der Waals surface area contributed by atoms with Gasteiger partial charge in [-0.15, -0.1) is 0 Å². The summed E-state index contributed by atoms with van der Waals surface area (Å²) in [5, 5.41) is 9.55. The molecular weight excluding hydrogens is 233 g/mol. The van der Waals surface area contributed by atoms with Gasteiger partial charge in [0.05, 0.1) is 0 Å². The molecule has 4 atom stereocenters. The monoisotopic (exact) mass is 254 g/mol. The molecule has 16 heavy (non-hydrogen) atoms. The molecule has 2 aliphatic rings. The van der Waals surface area contributed by atoms with Crippen LogP contribution in [0.2, 0.25) is 6.55 Å². The summed E-state index contributed by atoms with van der Waals surface area (Å²) in [6, 6.07) is 0. The molecule has 0 spiro atoms. The van der Waals surface area contributed by atoms with E-state index in [1.54, 1.807) is 0 Å². The molecule has 2 rings (SSSR count). The van der Waals surface area contributed by atoms with E-state index in [-0.39, 0.29) is 5.92 Å². The van der Waals surface area contributed by atoms with Crippen molar-refractivity contribution in [1.29, 1.82) is 0 Å². The van der Waals surface area contributed by atoms with Gasteiger partial charge in [0.25, 0.3) is 0 Å². The largest absolute Gasteiger partial charge is 0.417 e. The predicted molar refractivity (Wildman–Crippen MR) is 61.4 cm³/mol. The van der Waals surface area contributed by atoms with Crippen LogP contribution in [0.3, 0.4) is 0 Å². The van der Waals surface area contributed by atoms with E-state index in [2.05, 4.69) is 6.55 Å². The number of hydrogen-bond acceptors (Lipinski definition) is 1. The fraction of sp³-hybridized carbons (Fsp3) is 1.00. The fourth-order valence-electron chi connectivity index (χ4n) is 3.14. The first kappa shape index (κ1) is 14.0. The van der Waals surface area contributed by atoms with Crippen LogP contribution in [-0.4, -0.2) is 27.1 Å². The Bertz CT molecular complexity index is 240. The number of alkyl halides is 3. The summed E-state index contributed by atoms with van der Waals surface area (Å²) in [7, 11) is 1.31. The highest BCUT2D eigenvalue weighted by Crippen LogP contribution is 2.55. The molecular formula is C11H21F3OSi. The molecule has 4 unspecified atom stereocenters. The van der Waals surface area contributed by atoms with Gasteiger partial charge in [0.1, 0.15) is 0 Å². The lowest BCUT2D eigenvalue weighted by Crippen LogP contribution is -2.50. The van der Waals surface area contributed by atoms with Gasteiger partial charge in [0.15, 0.2) is 5.60 Å². The Balaban J connectivity index is 0.000000606. The van der Waals surface area contributed by atoms with Gasteiger partial charge < -0.3 is 5.11 Å². The minimum atomic E-state index is -4.48. The molecule has 2 fully saturated rings. The molecule has 2 bridgehead atoms. The molecule has 96 valence electrons. The van der Waals surface area contributed by atoms with Crippen LogP contribution >= 0.6 is 0 Å². The van der Waals surface area contributed by atoms with Crippen molar-refractivity contribution < 1.29 is 18.3 Å². The Hall–Kier alpha value is -0.0331. The number of halogens is 3. The molecule has 2 saturated carbocycles. The van der Waals surface area contributed by atoms with Crippen LogP contribution in [0.15, 0.2) is 0 Å².